The monoisotopic (exact) mass is 573 g/mol. The summed E-state index contributed by atoms with van der Waals surface area (Å²) in [6.45, 7) is 11.4. The van der Waals surface area contributed by atoms with Crippen LogP contribution in [0.2, 0.25) is 0 Å². The van der Waals surface area contributed by atoms with Crippen molar-refractivity contribution in [1.29, 1.82) is 0 Å². The number of rotatable bonds is 7. The Kier molecular flexibility index (Phi) is 7.97. The number of nitrogens with zero attached hydrogens (tertiary/aromatic N) is 3. The average molecular weight is 574 g/mol. The van der Waals surface area contributed by atoms with E-state index < -0.39 is 39.9 Å². The quantitative estimate of drug-likeness (QED) is 0.506. The summed E-state index contributed by atoms with van der Waals surface area (Å²) < 4.78 is 80.1. The fourth-order valence-electron chi connectivity index (χ4n) is 3.78. The largest absolute Gasteiger partial charge is 0.480 e. The second-order valence-corrected chi connectivity index (χ2v) is 11.5. The van der Waals surface area contributed by atoms with Gasteiger partial charge in [0.05, 0.1) is 29.8 Å². The summed E-state index contributed by atoms with van der Waals surface area (Å²) in [5.41, 5.74) is -2.33. The molecule has 15 heteroatoms. The van der Waals surface area contributed by atoms with Crippen LogP contribution < -0.4 is 19.7 Å². The van der Waals surface area contributed by atoms with Crippen LogP contribution in [0.15, 0.2) is 41.6 Å². The van der Waals surface area contributed by atoms with Crippen molar-refractivity contribution in [3.63, 3.8) is 0 Å². The molecule has 0 saturated heterocycles. The van der Waals surface area contributed by atoms with Crippen molar-refractivity contribution in [1.82, 2.24) is 15.1 Å². The van der Waals surface area contributed by atoms with Crippen molar-refractivity contribution in [2.24, 2.45) is 0 Å². The van der Waals surface area contributed by atoms with E-state index in [1.54, 1.807) is 11.6 Å². The minimum atomic E-state index is -4.82. The summed E-state index contributed by atoms with van der Waals surface area (Å²) in [5.74, 6) is -0.373. The zero-order chi connectivity index (χ0) is 29.5. The lowest BCUT2D eigenvalue weighted by atomic mass is 10.1. The Morgan fingerprint density at radius 1 is 1.26 bits per heavy atom. The molecule has 1 aromatic heterocycles. The number of hydrogen-bond donors (Lipinski definition) is 2. The van der Waals surface area contributed by atoms with E-state index in [0.717, 1.165) is 4.31 Å². The number of sulfonamides is 1. The number of anilines is 2. The van der Waals surface area contributed by atoms with Gasteiger partial charge in [-0.05, 0) is 52.8 Å². The lowest BCUT2D eigenvalue weighted by Crippen LogP contribution is -2.47. The fraction of sp³-hybridized carbons (Fsp3) is 0.458. The average Bonchev–Trinajstić information content (AvgIpc) is 3.19. The second kappa shape index (κ2) is 10.4. The maximum atomic E-state index is 13.9. The minimum absolute atomic E-state index is 0.00791. The van der Waals surface area contributed by atoms with Crippen molar-refractivity contribution in [2.75, 3.05) is 16.2 Å². The van der Waals surface area contributed by atoms with Gasteiger partial charge in [-0.2, -0.15) is 18.3 Å². The van der Waals surface area contributed by atoms with E-state index >= 15 is 0 Å². The standard InChI is InChI=1S/C24H30F3N5O6S/c1-13(2)32-15(4)21(11-28-32)39(35,36)31-12-20(14(3)29-16(5)33)37-19-9-8-17(10-18(19)31)30-22(34)38-23(6,7)24(25,26)27/h8-11,13,20H,3,12H2,1-2,4-7H3,(H,29,33)(H,30,34)/t20-/m1/s1. The molecule has 214 valence electrons. The van der Waals surface area contributed by atoms with E-state index in [1.165, 1.54) is 31.3 Å². The minimum Gasteiger partial charge on any atom is -0.480 e. The third-order valence-corrected chi connectivity index (χ3v) is 7.77. The highest BCUT2D eigenvalue weighted by Gasteiger charge is 2.51. The Bertz CT molecular complexity index is 1400. The van der Waals surface area contributed by atoms with Crippen LogP contribution in [0.1, 0.15) is 46.4 Å². The Morgan fingerprint density at radius 2 is 1.90 bits per heavy atom. The number of carbonyl (C=O) groups is 2. The van der Waals surface area contributed by atoms with Crippen LogP contribution in [0.3, 0.4) is 0 Å². The molecule has 1 atom stereocenters. The molecule has 1 aromatic carbocycles. The maximum absolute atomic E-state index is 13.9. The van der Waals surface area contributed by atoms with Gasteiger partial charge < -0.3 is 14.8 Å². The molecule has 2 aromatic rings. The van der Waals surface area contributed by atoms with E-state index in [-0.39, 0.29) is 40.3 Å². The van der Waals surface area contributed by atoms with Crippen LogP contribution in [-0.2, 0) is 19.6 Å². The number of ether oxygens (including phenoxy) is 2. The molecule has 1 aliphatic heterocycles. The number of alkyl halides is 3. The molecule has 0 bridgehead atoms. The van der Waals surface area contributed by atoms with E-state index in [1.807, 2.05) is 13.8 Å². The van der Waals surface area contributed by atoms with Crippen LogP contribution in [0.25, 0.3) is 0 Å². The normalized spacial score (nSPS) is 15.8. The molecule has 0 spiro atoms. The Morgan fingerprint density at radius 3 is 2.44 bits per heavy atom. The van der Waals surface area contributed by atoms with Gasteiger partial charge in [0.1, 0.15) is 10.6 Å². The summed E-state index contributed by atoms with van der Waals surface area (Å²) in [5, 5.41) is 8.86. The molecule has 0 fully saturated rings. The molecule has 2 N–H and O–H groups in total. The van der Waals surface area contributed by atoms with Gasteiger partial charge in [0, 0.05) is 18.7 Å². The van der Waals surface area contributed by atoms with Gasteiger partial charge in [-0.25, -0.2) is 13.2 Å². The highest BCUT2D eigenvalue weighted by Crippen LogP contribution is 2.40. The molecule has 0 unspecified atom stereocenters. The molecule has 0 aliphatic carbocycles. The molecule has 1 aliphatic rings. The molecule has 11 nitrogen and oxygen atoms in total. The summed E-state index contributed by atoms with van der Waals surface area (Å²) in [7, 11) is -4.28. The van der Waals surface area contributed by atoms with Gasteiger partial charge in [0.25, 0.3) is 10.0 Å². The van der Waals surface area contributed by atoms with Gasteiger partial charge in [0.15, 0.2) is 6.10 Å². The predicted molar refractivity (Wildman–Crippen MR) is 136 cm³/mol. The SMILES string of the molecule is C=C(NC(C)=O)[C@H]1CN(S(=O)(=O)c2cnn(C(C)C)c2C)c2cc(NC(=O)OC(C)(C)C(F)(F)F)ccc2O1. The molecule has 2 heterocycles. The number of amides is 2. The zero-order valence-electron chi connectivity index (χ0n) is 22.2. The first kappa shape index (κ1) is 29.8. The molecule has 0 saturated carbocycles. The van der Waals surface area contributed by atoms with Crippen LogP contribution in [0.4, 0.5) is 29.3 Å². The Labute approximate surface area is 224 Å². The number of benzene rings is 1. The van der Waals surface area contributed by atoms with Crippen molar-refractivity contribution >= 4 is 33.4 Å². The third-order valence-electron chi connectivity index (χ3n) is 5.89. The summed E-state index contributed by atoms with van der Waals surface area (Å²) >= 11 is 0. The Balaban J connectivity index is 2.03. The Hall–Kier alpha value is -3.75. The van der Waals surface area contributed by atoms with E-state index in [4.69, 9.17) is 4.74 Å². The number of nitrogens with one attached hydrogen (secondary N) is 2. The number of aromatic nitrogens is 2. The lowest BCUT2D eigenvalue weighted by molar-refractivity contribution is -0.242. The summed E-state index contributed by atoms with van der Waals surface area (Å²) in [6, 6.07) is 3.74. The van der Waals surface area contributed by atoms with Gasteiger partial charge in [-0.3, -0.25) is 19.1 Å². The highest BCUT2D eigenvalue weighted by atomic mass is 32.2. The van der Waals surface area contributed by atoms with Gasteiger partial charge in [-0.15, -0.1) is 0 Å². The van der Waals surface area contributed by atoms with Crippen molar-refractivity contribution < 1.29 is 40.7 Å². The molecule has 3 rings (SSSR count). The van der Waals surface area contributed by atoms with Crippen LogP contribution in [0, 0.1) is 6.92 Å². The molecule has 2 amide bonds. The molecular formula is C24H30F3N5O6S. The first-order valence-corrected chi connectivity index (χ1v) is 13.2. The number of halogens is 3. The first-order chi connectivity index (χ1) is 17.8. The zero-order valence-corrected chi connectivity index (χ0v) is 23.0. The smallest absolute Gasteiger partial charge is 0.427 e. The summed E-state index contributed by atoms with van der Waals surface area (Å²) in [6.07, 6.45) is -5.97. The van der Waals surface area contributed by atoms with Crippen molar-refractivity contribution in [2.45, 2.75) is 70.4 Å². The first-order valence-electron chi connectivity index (χ1n) is 11.8. The van der Waals surface area contributed by atoms with Gasteiger partial charge in [0.2, 0.25) is 11.5 Å². The van der Waals surface area contributed by atoms with E-state index in [2.05, 4.69) is 27.0 Å². The fourth-order valence-corrected chi connectivity index (χ4v) is 5.40. The van der Waals surface area contributed by atoms with Crippen LogP contribution in [0.5, 0.6) is 5.75 Å². The summed E-state index contributed by atoms with van der Waals surface area (Å²) in [4.78, 5) is 23.7. The van der Waals surface area contributed by atoms with E-state index in [0.29, 0.717) is 19.5 Å². The van der Waals surface area contributed by atoms with Crippen molar-refractivity contribution in [3.05, 3.63) is 42.4 Å². The van der Waals surface area contributed by atoms with E-state index in [9.17, 15) is 31.2 Å². The molecule has 0 radical (unpaired) electrons. The van der Waals surface area contributed by atoms with Crippen LogP contribution in [-0.4, -0.2) is 54.6 Å². The predicted octanol–water partition coefficient (Wildman–Crippen LogP) is 4.27. The number of hydrogen-bond acceptors (Lipinski definition) is 7. The third kappa shape index (κ3) is 6.13. The number of carbonyl (C=O) groups excluding carboxylic acids is 2. The topological polar surface area (TPSA) is 132 Å². The molecular weight excluding hydrogens is 543 g/mol. The lowest BCUT2D eigenvalue weighted by Gasteiger charge is -2.36. The maximum Gasteiger partial charge on any atom is 0.427 e. The second-order valence-electron chi connectivity index (χ2n) is 9.69. The number of fused-ring (bicyclic) bond motifs is 1. The van der Waals surface area contributed by atoms with Gasteiger partial charge >= 0.3 is 12.3 Å². The molecule has 39 heavy (non-hydrogen) atoms. The van der Waals surface area contributed by atoms with Crippen LogP contribution >= 0.6 is 0 Å². The van der Waals surface area contributed by atoms with Gasteiger partial charge in [-0.1, -0.05) is 6.58 Å². The highest BCUT2D eigenvalue weighted by molar-refractivity contribution is 7.92. The van der Waals surface area contributed by atoms with Crippen molar-refractivity contribution in [3.8, 4) is 5.75 Å².